The number of nitrogens with zero attached hydrogens (tertiary/aromatic N) is 3. The van der Waals surface area contributed by atoms with Crippen LogP contribution in [-0.4, -0.2) is 18.0 Å². The molecular formula is C29H23N5O2S2. The van der Waals surface area contributed by atoms with Crippen LogP contribution in [0.1, 0.15) is 0 Å². The lowest BCUT2D eigenvalue weighted by Gasteiger charge is -2.15. The van der Waals surface area contributed by atoms with E-state index < -0.39 is 10.0 Å². The molecule has 6 aromatic rings. The predicted octanol–water partition coefficient (Wildman–Crippen LogP) is 6.18. The first-order chi connectivity index (χ1) is 18.5. The van der Waals surface area contributed by atoms with E-state index >= 15 is 0 Å². The molecule has 2 N–H and O–H groups in total. The molecule has 0 radical (unpaired) electrons. The summed E-state index contributed by atoms with van der Waals surface area (Å²) in [5.74, 6) is 0. The van der Waals surface area contributed by atoms with E-state index in [1.54, 1.807) is 28.8 Å². The SMILES string of the molecule is Cn1c(-c2ccccc2)cs/c1=N\S(=O)(=O)c1ccc(NNc2c3ccccc3nc3ccccc23)cc1. The van der Waals surface area contributed by atoms with Gasteiger partial charge in [0.1, 0.15) is 0 Å². The van der Waals surface area contributed by atoms with Gasteiger partial charge in [0.15, 0.2) is 0 Å². The molecule has 0 spiro atoms. The third kappa shape index (κ3) is 4.53. The fourth-order valence-corrected chi connectivity index (χ4v) is 6.45. The van der Waals surface area contributed by atoms with Crippen molar-refractivity contribution < 1.29 is 8.42 Å². The summed E-state index contributed by atoms with van der Waals surface area (Å²) >= 11 is 1.29. The van der Waals surface area contributed by atoms with Crippen molar-refractivity contribution in [2.75, 3.05) is 10.9 Å². The standard InChI is InChI=1S/C29H23N5O2S2/c1-34-27(20-9-3-2-4-10-20)19-37-29(34)33-38(35,36)22-17-15-21(16-18-22)31-32-28-23-11-5-7-13-25(23)30-26-14-8-6-12-24(26)28/h2-19,31H,1H3,(H,30,32)/b33-29-. The van der Waals surface area contributed by atoms with Crippen LogP contribution in [0.2, 0.25) is 0 Å². The number of rotatable bonds is 6. The molecule has 0 saturated carbocycles. The van der Waals surface area contributed by atoms with Gasteiger partial charge in [0.25, 0.3) is 10.0 Å². The van der Waals surface area contributed by atoms with Crippen molar-refractivity contribution in [1.82, 2.24) is 9.55 Å². The quantitative estimate of drug-likeness (QED) is 0.196. The van der Waals surface area contributed by atoms with Crippen molar-refractivity contribution in [2.45, 2.75) is 4.90 Å². The largest absolute Gasteiger partial charge is 0.319 e. The maximum Gasteiger partial charge on any atom is 0.285 e. The molecule has 0 aliphatic rings. The second-order valence-corrected chi connectivity index (χ2v) is 11.1. The van der Waals surface area contributed by atoms with Gasteiger partial charge in [0.05, 0.1) is 33.0 Å². The van der Waals surface area contributed by atoms with E-state index in [2.05, 4.69) is 15.2 Å². The van der Waals surface area contributed by atoms with Gasteiger partial charge in [-0.2, -0.15) is 8.42 Å². The molecule has 0 bridgehead atoms. The number of fused-ring (bicyclic) bond motifs is 2. The molecular weight excluding hydrogens is 514 g/mol. The summed E-state index contributed by atoms with van der Waals surface area (Å²) in [6.45, 7) is 0. The van der Waals surface area contributed by atoms with Crippen LogP contribution in [0.5, 0.6) is 0 Å². The number of benzene rings is 4. The van der Waals surface area contributed by atoms with Gasteiger partial charge in [0.2, 0.25) is 4.80 Å². The summed E-state index contributed by atoms with van der Waals surface area (Å²) in [4.78, 5) is 5.27. The number of thiazole rings is 1. The van der Waals surface area contributed by atoms with Crippen molar-refractivity contribution in [3.63, 3.8) is 0 Å². The third-order valence-electron chi connectivity index (χ3n) is 6.26. The normalized spacial score (nSPS) is 12.2. The van der Waals surface area contributed by atoms with E-state index in [4.69, 9.17) is 4.98 Å². The molecule has 0 amide bonds. The zero-order valence-corrected chi connectivity index (χ0v) is 22.0. The fraction of sp³-hybridized carbons (Fsp3) is 0.0345. The van der Waals surface area contributed by atoms with Gasteiger partial charge in [-0.05, 0) is 42.0 Å². The minimum atomic E-state index is -3.89. The van der Waals surface area contributed by atoms with Crippen LogP contribution >= 0.6 is 11.3 Å². The number of hydrazine groups is 1. The number of aromatic nitrogens is 2. The minimum absolute atomic E-state index is 0.123. The Balaban J connectivity index is 1.26. The van der Waals surface area contributed by atoms with Gasteiger partial charge in [-0.25, -0.2) is 4.98 Å². The van der Waals surface area contributed by atoms with E-state index in [1.165, 1.54) is 11.3 Å². The number of hydrogen-bond donors (Lipinski definition) is 2. The van der Waals surface area contributed by atoms with Gasteiger partial charge >= 0.3 is 0 Å². The zero-order chi connectivity index (χ0) is 26.1. The summed E-state index contributed by atoms with van der Waals surface area (Å²) in [5, 5.41) is 3.88. The smallest absolute Gasteiger partial charge is 0.285 e. The summed E-state index contributed by atoms with van der Waals surface area (Å²) in [5.41, 5.74) is 11.8. The van der Waals surface area contributed by atoms with Gasteiger partial charge in [-0.1, -0.05) is 66.7 Å². The highest BCUT2D eigenvalue weighted by molar-refractivity contribution is 7.90. The number of sulfonamides is 1. The highest BCUT2D eigenvalue weighted by Crippen LogP contribution is 2.30. The molecule has 0 saturated heterocycles. The van der Waals surface area contributed by atoms with Gasteiger partial charge in [-0.15, -0.1) is 15.7 Å². The van der Waals surface area contributed by atoms with Gasteiger partial charge in [-0.3, -0.25) is 5.43 Å². The van der Waals surface area contributed by atoms with Crippen LogP contribution in [-0.2, 0) is 17.1 Å². The Morgan fingerprint density at radius 1 is 0.763 bits per heavy atom. The lowest BCUT2D eigenvalue weighted by Crippen LogP contribution is -2.15. The minimum Gasteiger partial charge on any atom is -0.319 e. The number of anilines is 2. The highest BCUT2D eigenvalue weighted by Gasteiger charge is 2.15. The Morgan fingerprint density at radius 3 is 2.03 bits per heavy atom. The van der Waals surface area contributed by atoms with Crippen LogP contribution in [0.25, 0.3) is 33.1 Å². The Bertz CT molecular complexity index is 1890. The van der Waals surface area contributed by atoms with Crippen molar-refractivity contribution in [1.29, 1.82) is 0 Å². The molecule has 0 atom stereocenters. The number of para-hydroxylation sites is 2. The van der Waals surface area contributed by atoms with Crippen LogP contribution in [0, 0.1) is 0 Å². The molecule has 2 heterocycles. The topological polar surface area (TPSA) is 88.4 Å². The van der Waals surface area contributed by atoms with Crippen LogP contribution < -0.4 is 15.7 Å². The second kappa shape index (κ2) is 9.77. The van der Waals surface area contributed by atoms with Crippen molar-refractivity contribution >= 4 is 54.5 Å². The van der Waals surface area contributed by atoms with E-state index in [1.807, 2.05) is 91.3 Å². The van der Waals surface area contributed by atoms with Crippen LogP contribution in [0.15, 0.2) is 118 Å². The number of nitrogens with one attached hydrogen (secondary N) is 2. The molecule has 6 rings (SSSR count). The maximum absolute atomic E-state index is 13.1. The van der Waals surface area contributed by atoms with Crippen molar-refractivity contribution in [2.24, 2.45) is 11.4 Å². The van der Waals surface area contributed by atoms with E-state index in [0.717, 1.165) is 38.8 Å². The average Bonchev–Trinajstić information content (AvgIpc) is 3.30. The Kier molecular flexibility index (Phi) is 6.15. The molecule has 0 aliphatic heterocycles. The zero-order valence-electron chi connectivity index (χ0n) is 20.4. The number of hydrogen-bond acceptors (Lipinski definition) is 6. The Morgan fingerprint density at radius 2 is 1.37 bits per heavy atom. The molecule has 0 fully saturated rings. The third-order valence-corrected chi connectivity index (χ3v) is 8.58. The van der Waals surface area contributed by atoms with E-state index in [0.29, 0.717) is 10.5 Å². The highest BCUT2D eigenvalue weighted by atomic mass is 32.2. The monoisotopic (exact) mass is 537 g/mol. The Hall–Kier alpha value is -4.47. The molecule has 38 heavy (non-hydrogen) atoms. The average molecular weight is 538 g/mol. The Labute approximate surface area is 223 Å². The lowest BCUT2D eigenvalue weighted by molar-refractivity contribution is 0.596. The first-order valence-electron chi connectivity index (χ1n) is 11.9. The molecule has 9 heteroatoms. The fourth-order valence-electron chi connectivity index (χ4n) is 4.30. The summed E-state index contributed by atoms with van der Waals surface area (Å²) in [6.07, 6.45) is 0. The number of pyridine rings is 1. The van der Waals surface area contributed by atoms with Crippen molar-refractivity contribution in [3.8, 4) is 11.3 Å². The van der Waals surface area contributed by atoms with Crippen LogP contribution in [0.3, 0.4) is 0 Å². The second-order valence-electron chi connectivity index (χ2n) is 8.69. The summed E-state index contributed by atoms with van der Waals surface area (Å²) in [6, 6.07) is 32.2. The van der Waals surface area contributed by atoms with Gasteiger partial charge in [0, 0.05) is 23.2 Å². The first kappa shape index (κ1) is 23.9. The van der Waals surface area contributed by atoms with Gasteiger partial charge < -0.3 is 9.99 Å². The maximum atomic E-state index is 13.1. The lowest BCUT2D eigenvalue weighted by atomic mass is 10.1. The molecule has 0 aliphatic carbocycles. The van der Waals surface area contributed by atoms with Crippen molar-refractivity contribution in [3.05, 3.63) is 113 Å². The molecule has 4 aromatic carbocycles. The predicted molar refractivity (Wildman–Crippen MR) is 154 cm³/mol. The molecule has 188 valence electrons. The van der Waals surface area contributed by atoms with E-state index in [9.17, 15) is 8.42 Å². The molecule has 7 nitrogen and oxygen atoms in total. The molecule has 0 unspecified atom stereocenters. The summed E-state index contributed by atoms with van der Waals surface area (Å²) in [7, 11) is -2.07. The summed E-state index contributed by atoms with van der Waals surface area (Å²) < 4.78 is 32.0. The molecule has 2 aromatic heterocycles. The van der Waals surface area contributed by atoms with Crippen LogP contribution in [0.4, 0.5) is 11.4 Å². The first-order valence-corrected chi connectivity index (χ1v) is 14.2. The van der Waals surface area contributed by atoms with E-state index in [-0.39, 0.29) is 4.90 Å².